The Labute approximate surface area is 202 Å². The summed E-state index contributed by atoms with van der Waals surface area (Å²) in [5, 5.41) is 9.89. The number of nitrogens with zero attached hydrogens (tertiary/aromatic N) is 7. The molecule has 6 rings (SSSR count). The van der Waals surface area contributed by atoms with Crippen molar-refractivity contribution in [2.45, 2.75) is 44.4 Å². The van der Waals surface area contributed by atoms with E-state index in [2.05, 4.69) is 34.5 Å². The van der Waals surface area contributed by atoms with Crippen molar-refractivity contribution in [2.75, 3.05) is 37.7 Å². The zero-order valence-corrected chi connectivity index (χ0v) is 19.9. The van der Waals surface area contributed by atoms with Crippen molar-refractivity contribution in [3.63, 3.8) is 0 Å². The maximum absolute atomic E-state index is 14.9. The van der Waals surface area contributed by atoms with Crippen LogP contribution in [0.3, 0.4) is 0 Å². The summed E-state index contributed by atoms with van der Waals surface area (Å²) < 4.78 is 22.2. The van der Waals surface area contributed by atoms with E-state index >= 15 is 0 Å². The molecule has 0 saturated carbocycles. The predicted octanol–water partition coefficient (Wildman–Crippen LogP) is 3.46. The lowest BCUT2D eigenvalue weighted by Crippen LogP contribution is -2.53. The molecule has 0 amide bonds. The predicted molar refractivity (Wildman–Crippen MR) is 126 cm³/mol. The Morgan fingerprint density at radius 3 is 2.71 bits per heavy atom. The first kappa shape index (κ1) is 21.9. The molecule has 2 fully saturated rings. The highest BCUT2D eigenvalue weighted by Gasteiger charge is 2.41. The highest BCUT2D eigenvalue weighted by Crippen LogP contribution is 2.35. The van der Waals surface area contributed by atoms with E-state index in [0.29, 0.717) is 24.7 Å². The van der Waals surface area contributed by atoms with Gasteiger partial charge in [-0.2, -0.15) is 0 Å². The van der Waals surface area contributed by atoms with Crippen LogP contribution in [0.4, 0.5) is 10.3 Å². The second-order valence-corrected chi connectivity index (χ2v) is 10.1. The minimum atomic E-state index is -1.30. The molecule has 0 unspecified atom stereocenters. The fourth-order valence-electron chi connectivity index (χ4n) is 5.21. The van der Waals surface area contributed by atoms with Crippen molar-refractivity contribution in [3.8, 4) is 5.69 Å². The van der Waals surface area contributed by atoms with Crippen LogP contribution in [0.15, 0.2) is 30.5 Å². The average molecular weight is 484 g/mol. The molecule has 1 aromatic carbocycles. The molecule has 5 heterocycles. The number of aromatic nitrogens is 5. The Morgan fingerprint density at radius 1 is 1.15 bits per heavy atom. The SMILES string of the molecule is Cc1ccnc(N2CCC(c3nnc4n3-c3ccc(Cl)cc3CN(CC3(F)COC3)C4)CC2)n1. The van der Waals surface area contributed by atoms with Gasteiger partial charge in [-0.3, -0.25) is 9.47 Å². The Balaban J connectivity index is 1.28. The van der Waals surface area contributed by atoms with Crippen molar-refractivity contribution in [1.29, 1.82) is 0 Å². The maximum atomic E-state index is 14.9. The molecule has 0 radical (unpaired) electrons. The summed E-state index contributed by atoms with van der Waals surface area (Å²) in [5.74, 6) is 2.86. The van der Waals surface area contributed by atoms with Crippen LogP contribution in [0.5, 0.6) is 0 Å². The fraction of sp³-hybridized carbons (Fsp3) is 0.500. The summed E-state index contributed by atoms with van der Waals surface area (Å²) in [5.41, 5.74) is 1.76. The normalized spacial score (nSPS) is 20.4. The van der Waals surface area contributed by atoms with Gasteiger partial charge in [0, 0.05) is 49.0 Å². The number of benzene rings is 1. The van der Waals surface area contributed by atoms with Gasteiger partial charge in [0.15, 0.2) is 11.5 Å². The summed E-state index contributed by atoms with van der Waals surface area (Å²) in [6, 6.07) is 7.82. The molecule has 3 aliphatic heterocycles. The van der Waals surface area contributed by atoms with E-state index in [-0.39, 0.29) is 19.1 Å². The molecule has 0 atom stereocenters. The summed E-state index contributed by atoms with van der Waals surface area (Å²) in [6.07, 6.45) is 3.69. The molecule has 178 valence electrons. The Morgan fingerprint density at radius 2 is 1.97 bits per heavy atom. The van der Waals surface area contributed by atoms with Crippen molar-refractivity contribution in [2.24, 2.45) is 0 Å². The summed E-state index contributed by atoms with van der Waals surface area (Å²) >= 11 is 6.35. The summed E-state index contributed by atoms with van der Waals surface area (Å²) in [7, 11) is 0. The number of alkyl halides is 1. The molecule has 2 saturated heterocycles. The molecular weight excluding hydrogens is 457 g/mol. The second kappa shape index (κ2) is 8.55. The minimum Gasteiger partial charge on any atom is -0.375 e. The number of aryl methyl sites for hydroxylation is 1. The van der Waals surface area contributed by atoms with Crippen LogP contribution in [0.1, 0.15) is 41.7 Å². The molecule has 2 aromatic heterocycles. The number of hydrogen-bond acceptors (Lipinski definition) is 7. The van der Waals surface area contributed by atoms with Crippen LogP contribution in [0.25, 0.3) is 5.69 Å². The van der Waals surface area contributed by atoms with Crippen LogP contribution >= 0.6 is 11.6 Å². The number of piperidine rings is 1. The van der Waals surface area contributed by atoms with Crippen LogP contribution in [-0.2, 0) is 17.8 Å². The van der Waals surface area contributed by atoms with E-state index in [1.165, 1.54) is 0 Å². The second-order valence-electron chi connectivity index (χ2n) is 9.63. The van der Waals surface area contributed by atoms with Gasteiger partial charge in [0.05, 0.1) is 25.4 Å². The van der Waals surface area contributed by atoms with E-state index in [9.17, 15) is 4.39 Å². The molecule has 34 heavy (non-hydrogen) atoms. The number of fused-ring (bicyclic) bond motifs is 3. The van der Waals surface area contributed by atoms with Crippen molar-refractivity contribution < 1.29 is 9.13 Å². The maximum Gasteiger partial charge on any atom is 0.225 e. The topological polar surface area (TPSA) is 72.2 Å². The van der Waals surface area contributed by atoms with Gasteiger partial charge in [0.2, 0.25) is 5.95 Å². The van der Waals surface area contributed by atoms with Gasteiger partial charge < -0.3 is 9.64 Å². The van der Waals surface area contributed by atoms with Crippen molar-refractivity contribution in [1.82, 2.24) is 29.6 Å². The largest absolute Gasteiger partial charge is 0.375 e. The van der Waals surface area contributed by atoms with Crippen molar-refractivity contribution >= 4 is 17.5 Å². The van der Waals surface area contributed by atoms with Gasteiger partial charge >= 0.3 is 0 Å². The van der Waals surface area contributed by atoms with Crippen LogP contribution in [-0.4, -0.2) is 68.1 Å². The molecule has 8 nitrogen and oxygen atoms in total. The number of halogens is 2. The van der Waals surface area contributed by atoms with E-state index in [1.54, 1.807) is 0 Å². The lowest BCUT2D eigenvalue weighted by molar-refractivity contribution is -0.142. The van der Waals surface area contributed by atoms with Gasteiger partial charge in [-0.05, 0) is 49.6 Å². The van der Waals surface area contributed by atoms with Gasteiger partial charge in [-0.25, -0.2) is 14.4 Å². The fourth-order valence-corrected chi connectivity index (χ4v) is 5.40. The molecule has 10 heteroatoms. The molecule has 0 spiro atoms. The highest BCUT2D eigenvalue weighted by atomic mass is 35.5. The number of rotatable bonds is 4. The van der Waals surface area contributed by atoms with E-state index in [4.69, 9.17) is 16.3 Å². The van der Waals surface area contributed by atoms with E-state index in [1.807, 2.05) is 37.4 Å². The first-order chi connectivity index (χ1) is 16.5. The Bertz CT molecular complexity index is 1210. The Hall–Kier alpha value is -2.62. The number of ether oxygens (including phenoxy) is 1. The standard InChI is InChI=1S/C24H27ClFN7O/c1-16-4-7-27-23(28-16)32-8-5-17(6-9-32)22-30-29-21-12-31(13-24(26)14-34-15-24)11-18-10-19(25)2-3-20(18)33(21)22/h2-4,7,10,17H,5-6,8-9,11-15H2,1H3. The van der Waals surface area contributed by atoms with Gasteiger partial charge in [-0.1, -0.05) is 11.6 Å². The smallest absolute Gasteiger partial charge is 0.225 e. The third-order valence-corrected chi connectivity index (χ3v) is 7.19. The third kappa shape index (κ3) is 4.06. The van der Waals surface area contributed by atoms with Gasteiger partial charge in [0.1, 0.15) is 5.82 Å². The number of anilines is 1. The molecule has 0 aliphatic carbocycles. The Kier molecular flexibility index (Phi) is 5.50. The molecule has 0 bridgehead atoms. The van der Waals surface area contributed by atoms with Gasteiger partial charge in [0.25, 0.3) is 0 Å². The summed E-state index contributed by atoms with van der Waals surface area (Å²) in [4.78, 5) is 13.3. The summed E-state index contributed by atoms with van der Waals surface area (Å²) in [6.45, 7) is 5.43. The van der Waals surface area contributed by atoms with Crippen molar-refractivity contribution in [3.05, 3.63) is 58.4 Å². The third-order valence-electron chi connectivity index (χ3n) is 6.95. The monoisotopic (exact) mass is 483 g/mol. The lowest BCUT2D eigenvalue weighted by Gasteiger charge is -2.37. The minimum absolute atomic E-state index is 0.146. The van der Waals surface area contributed by atoms with E-state index < -0.39 is 5.67 Å². The molecule has 3 aliphatic rings. The molecular formula is C24H27ClFN7O. The van der Waals surface area contributed by atoms with Crippen LogP contribution in [0, 0.1) is 6.92 Å². The average Bonchev–Trinajstić information content (AvgIpc) is 3.15. The highest BCUT2D eigenvalue weighted by molar-refractivity contribution is 6.30. The zero-order valence-electron chi connectivity index (χ0n) is 19.1. The van der Waals surface area contributed by atoms with E-state index in [0.717, 1.165) is 60.5 Å². The molecule has 3 aromatic rings. The van der Waals surface area contributed by atoms with Crippen LogP contribution in [0.2, 0.25) is 5.02 Å². The first-order valence-corrected chi connectivity index (χ1v) is 12.1. The van der Waals surface area contributed by atoms with Crippen LogP contribution < -0.4 is 4.90 Å². The molecule has 0 N–H and O–H groups in total. The lowest BCUT2D eigenvalue weighted by atomic mass is 9.95. The quantitative estimate of drug-likeness (QED) is 0.562. The number of hydrogen-bond donors (Lipinski definition) is 0. The van der Waals surface area contributed by atoms with Gasteiger partial charge in [-0.15, -0.1) is 10.2 Å². The first-order valence-electron chi connectivity index (χ1n) is 11.7. The zero-order chi connectivity index (χ0) is 23.3.